The summed E-state index contributed by atoms with van der Waals surface area (Å²) < 4.78 is 11.3. The summed E-state index contributed by atoms with van der Waals surface area (Å²) in [6.45, 7) is 28.2. The van der Waals surface area contributed by atoms with E-state index in [0.29, 0.717) is 54.8 Å². The Morgan fingerprint density at radius 3 is 2.12 bits per heavy atom. The van der Waals surface area contributed by atoms with Crippen LogP contribution in [0.1, 0.15) is 71.4 Å². The molecule has 4 rings (SSSR count). The molecule has 0 fully saturated rings. The Morgan fingerprint density at radius 2 is 1.52 bits per heavy atom. The summed E-state index contributed by atoms with van der Waals surface area (Å²) in [7, 11) is 0. The van der Waals surface area contributed by atoms with Gasteiger partial charge in [-0.15, -0.1) is 0 Å². The number of hydrogen-bond donors (Lipinski definition) is 2. The third kappa shape index (κ3) is 12.4. The van der Waals surface area contributed by atoms with Gasteiger partial charge in [0.25, 0.3) is 0 Å². The van der Waals surface area contributed by atoms with Crippen LogP contribution in [0.4, 0.5) is 0 Å². The van der Waals surface area contributed by atoms with Crippen molar-refractivity contribution in [1.29, 1.82) is 0 Å². The van der Waals surface area contributed by atoms with Crippen molar-refractivity contribution >= 4 is 11.1 Å². The van der Waals surface area contributed by atoms with Gasteiger partial charge in [-0.25, -0.2) is 0 Å². The first-order valence-corrected chi connectivity index (χ1v) is 17.8. The molecule has 2 aromatic rings. The van der Waals surface area contributed by atoms with Gasteiger partial charge in [0.2, 0.25) is 0 Å². The largest absolute Gasteiger partial charge is 0.507 e. The lowest BCUT2D eigenvalue weighted by molar-refractivity contribution is 0.130. The van der Waals surface area contributed by atoms with E-state index in [1.807, 2.05) is 75.4 Å². The first-order valence-electron chi connectivity index (χ1n) is 17.8. The number of aliphatic hydroxyl groups is 2. The Hall–Kier alpha value is -4.64. The quantitative estimate of drug-likeness (QED) is 0.146. The van der Waals surface area contributed by atoms with Gasteiger partial charge in [-0.05, 0) is 77.5 Å². The molecule has 2 aliphatic rings. The van der Waals surface area contributed by atoms with Crippen LogP contribution in [-0.4, -0.2) is 36.6 Å². The predicted octanol–water partition coefficient (Wildman–Crippen LogP) is 12.4. The standard InChI is InChI=1S/C23H28O2.C21H24O2.C2H6/c1-7-12-21(16-25-15-17(3)4)18(5)19(6)23(24)22(8-2)20-13-10-9-11-14-20;1-2-23-15-17-11-6-7-12-18(17)20-14-8-13-19(21(20)22)16-9-4-3-5-10-16;1-2/h7-14,17,24H,1-2,5-6,15-16H2,3-4H3;3-6,9-11,13,22H,2,7-8,12,14-15H2,1H3;1-2H3/b21-12-,23-22-;;. The highest BCUT2D eigenvalue weighted by Crippen LogP contribution is 2.38. The number of hydrogen-bond acceptors (Lipinski definition) is 4. The SMILES string of the molecule is C=C/C=C(/COCC(C)C)C(=C)C(=C)/C(O)=C(\C=C)c1ccccc1.CC.CCOCC1=C(C2=C(O)C(c3ccccc3)=CCC2)CCC=C1. The molecule has 50 heavy (non-hydrogen) atoms. The molecule has 0 radical (unpaired) electrons. The maximum atomic E-state index is 10.9. The fraction of sp³-hybridized carbons (Fsp3) is 0.304. The second kappa shape index (κ2) is 22.9. The minimum Gasteiger partial charge on any atom is -0.507 e. The van der Waals surface area contributed by atoms with Crippen LogP contribution in [0.2, 0.25) is 0 Å². The smallest absolute Gasteiger partial charge is 0.130 e. The molecule has 2 N–H and O–H groups in total. The van der Waals surface area contributed by atoms with E-state index in [1.54, 1.807) is 12.2 Å². The zero-order valence-electron chi connectivity index (χ0n) is 31.0. The summed E-state index contributed by atoms with van der Waals surface area (Å²) in [5.74, 6) is 0.951. The lowest BCUT2D eigenvalue weighted by atomic mass is 9.83. The van der Waals surface area contributed by atoms with Crippen molar-refractivity contribution in [1.82, 2.24) is 0 Å². The van der Waals surface area contributed by atoms with Gasteiger partial charge < -0.3 is 19.7 Å². The number of aliphatic hydroxyl groups excluding tert-OH is 2. The van der Waals surface area contributed by atoms with Gasteiger partial charge in [-0.3, -0.25) is 0 Å². The molecule has 4 heteroatoms. The molecule has 0 aliphatic heterocycles. The molecule has 0 spiro atoms. The Bertz CT molecular complexity index is 1610. The summed E-state index contributed by atoms with van der Waals surface area (Å²) in [5.41, 5.74) is 9.03. The molecule has 266 valence electrons. The van der Waals surface area contributed by atoms with Crippen LogP contribution in [-0.2, 0) is 9.47 Å². The Kier molecular flexibility index (Phi) is 19.0. The average Bonchev–Trinajstić information content (AvgIpc) is 3.15. The molecule has 2 aromatic carbocycles. The Morgan fingerprint density at radius 1 is 0.880 bits per heavy atom. The molecule has 0 unspecified atom stereocenters. The van der Waals surface area contributed by atoms with E-state index < -0.39 is 0 Å². The second-order valence-electron chi connectivity index (χ2n) is 12.1. The third-order valence-electron chi connectivity index (χ3n) is 8.07. The first kappa shape index (κ1) is 41.5. The molecule has 0 atom stereocenters. The molecule has 0 aromatic heterocycles. The maximum absolute atomic E-state index is 10.9. The van der Waals surface area contributed by atoms with Crippen molar-refractivity contribution in [2.75, 3.05) is 26.4 Å². The molecule has 0 bridgehead atoms. The van der Waals surface area contributed by atoms with Crippen molar-refractivity contribution in [3.05, 3.63) is 180 Å². The van der Waals surface area contributed by atoms with E-state index >= 15 is 0 Å². The fourth-order valence-corrected chi connectivity index (χ4v) is 5.56. The lowest BCUT2D eigenvalue weighted by Crippen LogP contribution is -2.09. The normalized spacial score (nSPS) is 14.8. The number of ether oxygens (including phenoxy) is 2. The Balaban J connectivity index is 0.000000331. The van der Waals surface area contributed by atoms with Crippen LogP contribution < -0.4 is 0 Å². The van der Waals surface area contributed by atoms with Gasteiger partial charge in [0.05, 0.1) is 13.2 Å². The maximum Gasteiger partial charge on any atom is 0.130 e. The second-order valence-corrected chi connectivity index (χ2v) is 12.1. The van der Waals surface area contributed by atoms with Crippen LogP contribution in [0.3, 0.4) is 0 Å². The van der Waals surface area contributed by atoms with Crippen LogP contribution in [0.25, 0.3) is 11.1 Å². The number of benzene rings is 2. The van der Waals surface area contributed by atoms with E-state index in [2.05, 4.69) is 70.5 Å². The van der Waals surface area contributed by atoms with Crippen molar-refractivity contribution in [3.8, 4) is 0 Å². The zero-order chi connectivity index (χ0) is 36.9. The zero-order valence-corrected chi connectivity index (χ0v) is 31.0. The molecule has 0 heterocycles. The summed E-state index contributed by atoms with van der Waals surface area (Å²) >= 11 is 0. The topological polar surface area (TPSA) is 58.9 Å². The van der Waals surface area contributed by atoms with Gasteiger partial charge in [-0.1, -0.05) is 151 Å². The molecular weight excluding hydrogens is 617 g/mol. The van der Waals surface area contributed by atoms with Crippen LogP contribution in [0.5, 0.6) is 0 Å². The predicted molar refractivity (Wildman–Crippen MR) is 215 cm³/mol. The van der Waals surface area contributed by atoms with E-state index in [9.17, 15) is 10.2 Å². The highest BCUT2D eigenvalue weighted by atomic mass is 16.5. The molecular formula is C46H58O4. The van der Waals surface area contributed by atoms with Gasteiger partial charge in [0.15, 0.2) is 0 Å². The van der Waals surface area contributed by atoms with E-state index in [1.165, 1.54) is 11.1 Å². The van der Waals surface area contributed by atoms with Crippen molar-refractivity contribution in [2.24, 2.45) is 5.92 Å². The number of rotatable bonds is 15. The monoisotopic (exact) mass is 674 g/mol. The van der Waals surface area contributed by atoms with Crippen molar-refractivity contribution in [2.45, 2.75) is 60.3 Å². The summed E-state index contributed by atoms with van der Waals surface area (Å²) in [5, 5.41) is 21.6. The third-order valence-corrected chi connectivity index (χ3v) is 8.07. The fourth-order valence-electron chi connectivity index (χ4n) is 5.56. The van der Waals surface area contributed by atoms with Crippen molar-refractivity contribution in [3.63, 3.8) is 0 Å². The highest BCUT2D eigenvalue weighted by Gasteiger charge is 2.22. The van der Waals surface area contributed by atoms with Gasteiger partial charge in [0, 0.05) is 29.9 Å². The summed E-state index contributed by atoms with van der Waals surface area (Å²) in [6.07, 6.45) is 15.5. The van der Waals surface area contributed by atoms with Crippen molar-refractivity contribution < 1.29 is 19.7 Å². The molecule has 4 nitrogen and oxygen atoms in total. The molecule has 0 saturated heterocycles. The van der Waals surface area contributed by atoms with Crippen LogP contribution >= 0.6 is 0 Å². The van der Waals surface area contributed by atoms with E-state index in [4.69, 9.17) is 9.47 Å². The van der Waals surface area contributed by atoms with E-state index in [-0.39, 0.29) is 5.76 Å². The average molecular weight is 675 g/mol. The van der Waals surface area contributed by atoms with E-state index in [0.717, 1.165) is 53.5 Å². The molecule has 0 saturated carbocycles. The van der Waals surface area contributed by atoms with Gasteiger partial charge in [-0.2, -0.15) is 0 Å². The lowest BCUT2D eigenvalue weighted by Gasteiger charge is -2.24. The highest BCUT2D eigenvalue weighted by molar-refractivity contribution is 5.80. The number of allylic oxidation sites excluding steroid dienone is 10. The van der Waals surface area contributed by atoms with Crippen LogP contribution in [0, 0.1) is 5.92 Å². The first-order chi connectivity index (χ1) is 24.2. The molecule has 2 aliphatic carbocycles. The molecule has 0 amide bonds. The van der Waals surface area contributed by atoms with Gasteiger partial charge in [0.1, 0.15) is 11.5 Å². The summed E-state index contributed by atoms with van der Waals surface area (Å²) in [4.78, 5) is 0. The summed E-state index contributed by atoms with van der Waals surface area (Å²) in [6, 6.07) is 19.7. The van der Waals surface area contributed by atoms with Gasteiger partial charge >= 0.3 is 0 Å². The minimum absolute atomic E-state index is 0.0602. The van der Waals surface area contributed by atoms with Crippen LogP contribution in [0.15, 0.2) is 168 Å². The Labute approximate surface area is 302 Å². The minimum atomic E-state index is 0.0602.